The fraction of sp³-hybridized carbons (Fsp3) is 0.500. The largest absolute Gasteiger partial charge is 0.497 e. The molecule has 0 aliphatic carbocycles. The number of methoxy groups -OCH3 is 1. The van der Waals surface area contributed by atoms with Gasteiger partial charge < -0.3 is 19.8 Å². The van der Waals surface area contributed by atoms with Crippen molar-refractivity contribution in [2.45, 2.75) is 50.5 Å². The van der Waals surface area contributed by atoms with E-state index in [-0.39, 0.29) is 29.9 Å². The molecular weight excluding hydrogens is 408 g/mol. The number of furan rings is 1. The summed E-state index contributed by atoms with van der Waals surface area (Å²) < 4.78 is 10.5. The lowest BCUT2D eigenvalue weighted by atomic mass is 10.0. The van der Waals surface area contributed by atoms with Gasteiger partial charge >= 0.3 is 0 Å². The molecule has 2 aromatic rings. The molecule has 2 aliphatic heterocycles. The minimum Gasteiger partial charge on any atom is -0.497 e. The van der Waals surface area contributed by atoms with E-state index in [4.69, 9.17) is 9.15 Å². The van der Waals surface area contributed by atoms with Crippen molar-refractivity contribution in [3.8, 4) is 5.75 Å². The molecule has 2 saturated heterocycles. The summed E-state index contributed by atoms with van der Waals surface area (Å²) in [5, 5.41) is 6.02. The van der Waals surface area contributed by atoms with Crippen LogP contribution in [0.15, 0.2) is 47.1 Å². The highest BCUT2D eigenvalue weighted by Crippen LogP contribution is 2.29. The van der Waals surface area contributed by atoms with Crippen molar-refractivity contribution in [3.05, 3.63) is 54.0 Å². The number of hydrogen-bond donors (Lipinski definition) is 2. The third-order valence-corrected chi connectivity index (χ3v) is 6.64. The Hall–Kier alpha value is -2.84. The van der Waals surface area contributed by atoms with Crippen molar-refractivity contribution in [1.82, 2.24) is 20.4 Å². The van der Waals surface area contributed by atoms with E-state index < -0.39 is 0 Å². The number of hydrogen-bond acceptors (Lipinski definition) is 6. The topological polar surface area (TPSA) is 87.0 Å². The second kappa shape index (κ2) is 10.2. The molecule has 3 atom stereocenters. The van der Waals surface area contributed by atoms with Gasteiger partial charge in [0.1, 0.15) is 17.6 Å². The molecule has 0 spiro atoms. The molecule has 0 bridgehead atoms. The molecular formula is C24H32N4O4. The molecule has 2 aliphatic rings. The van der Waals surface area contributed by atoms with E-state index in [9.17, 15) is 9.59 Å². The van der Waals surface area contributed by atoms with Crippen LogP contribution >= 0.6 is 0 Å². The average molecular weight is 441 g/mol. The lowest BCUT2D eigenvalue weighted by molar-refractivity contribution is -0.126. The van der Waals surface area contributed by atoms with Gasteiger partial charge in [-0.05, 0) is 49.7 Å². The summed E-state index contributed by atoms with van der Waals surface area (Å²) in [6.07, 6.45) is 3.65. The zero-order valence-corrected chi connectivity index (χ0v) is 18.8. The second-order valence-electron chi connectivity index (χ2n) is 8.58. The van der Waals surface area contributed by atoms with E-state index in [1.54, 1.807) is 19.4 Å². The number of rotatable bonds is 8. The van der Waals surface area contributed by atoms with Crippen molar-refractivity contribution in [1.29, 1.82) is 0 Å². The number of fused-ring (bicyclic) bond motifs is 1. The number of carbonyl (C=O) groups is 2. The highest BCUT2D eigenvalue weighted by Gasteiger charge is 2.44. The molecule has 1 aromatic carbocycles. The maximum atomic E-state index is 13.0. The molecule has 2 amide bonds. The van der Waals surface area contributed by atoms with Crippen LogP contribution in [0.3, 0.4) is 0 Å². The highest BCUT2D eigenvalue weighted by atomic mass is 16.5. The van der Waals surface area contributed by atoms with E-state index in [0.717, 1.165) is 36.6 Å². The fourth-order valence-electron chi connectivity index (χ4n) is 4.78. The third kappa shape index (κ3) is 5.14. The number of likely N-dealkylation sites (tertiary alicyclic amines) is 1. The van der Waals surface area contributed by atoms with Crippen LogP contribution in [0.4, 0.5) is 0 Å². The second-order valence-corrected chi connectivity index (χ2v) is 8.58. The lowest BCUT2D eigenvalue weighted by Gasteiger charge is -2.33. The van der Waals surface area contributed by atoms with Crippen molar-refractivity contribution < 1.29 is 18.7 Å². The van der Waals surface area contributed by atoms with Crippen molar-refractivity contribution in [2.24, 2.45) is 0 Å². The molecule has 0 saturated carbocycles. The smallest absolute Gasteiger partial charge is 0.239 e. The number of amides is 2. The summed E-state index contributed by atoms with van der Waals surface area (Å²) >= 11 is 0. The summed E-state index contributed by atoms with van der Waals surface area (Å²) in [6, 6.07) is 11.7. The van der Waals surface area contributed by atoms with Gasteiger partial charge in [0.2, 0.25) is 11.8 Å². The van der Waals surface area contributed by atoms with Crippen LogP contribution in [-0.2, 0) is 22.7 Å². The van der Waals surface area contributed by atoms with E-state index in [1.807, 2.05) is 18.2 Å². The summed E-state index contributed by atoms with van der Waals surface area (Å²) in [5.41, 5.74) is 1.16. The number of nitrogens with zero attached hydrogens (tertiary/aromatic N) is 2. The van der Waals surface area contributed by atoms with Crippen LogP contribution in [0.5, 0.6) is 5.75 Å². The van der Waals surface area contributed by atoms with E-state index in [0.29, 0.717) is 25.9 Å². The molecule has 1 aromatic heterocycles. The molecule has 4 rings (SSSR count). The van der Waals surface area contributed by atoms with E-state index >= 15 is 0 Å². The van der Waals surface area contributed by atoms with Gasteiger partial charge in [-0.2, -0.15) is 0 Å². The SMILES string of the molecule is COc1ccc(CN2CCC3C2C(=O)NCC(CCC(=O)NCc2ccco2)N3C)cc1. The fourth-order valence-corrected chi connectivity index (χ4v) is 4.78. The van der Waals surface area contributed by atoms with Crippen LogP contribution < -0.4 is 15.4 Å². The van der Waals surface area contributed by atoms with Gasteiger partial charge in [0.25, 0.3) is 0 Å². The zero-order valence-electron chi connectivity index (χ0n) is 18.8. The molecule has 3 heterocycles. The van der Waals surface area contributed by atoms with Gasteiger partial charge in [-0.15, -0.1) is 0 Å². The van der Waals surface area contributed by atoms with Crippen LogP contribution in [0.2, 0.25) is 0 Å². The quantitative estimate of drug-likeness (QED) is 0.651. The maximum absolute atomic E-state index is 13.0. The Kier molecular flexibility index (Phi) is 7.12. The average Bonchev–Trinajstić information content (AvgIpc) is 3.45. The Morgan fingerprint density at radius 3 is 2.81 bits per heavy atom. The van der Waals surface area contributed by atoms with Gasteiger partial charge in [0.05, 0.1) is 19.9 Å². The minimum atomic E-state index is -0.181. The first-order chi connectivity index (χ1) is 15.5. The first-order valence-electron chi connectivity index (χ1n) is 11.2. The summed E-state index contributed by atoms with van der Waals surface area (Å²) in [4.78, 5) is 29.8. The van der Waals surface area contributed by atoms with Crippen molar-refractivity contribution >= 4 is 11.8 Å². The monoisotopic (exact) mass is 440 g/mol. The van der Waals surface area contributed by atoms with Crippen molar-refractivity contribution in [2.75, 3.05) is 27.2 Å². The maximum Gasteiger partial charge on any atom is 0.239 e. The minimum absolute atomic E-state index is 0.00511. The van der Waals surface area contributed by atoms with Gasteiger partial charge in [-0.3, -0.25) is 19.4 Å². The lowest BCUT2D eigenvalue weighted by Crippen LogP contribution is -2.49. The molecule has 3 unspecified atom stereocenters. The molecule has 8 nitrogen and oxygen atoms in total. The Labute approximate surface area is 188 Å². The van der Waals surface area contributed by atoms with Gasteiger partial charge in [-0.25, -0.2) is 0 Å². The zero-order chi connectivity index (χ0) is 22.5. The molecule has 32 heavy (non-hydrogen) atoms. The molecule has 2 fully saturated rings. The normalized spacial score (nSPS) is 23.9. The molecule has 2 N–H and O–H groups in total. The molecule has 8 heteroatoms. The van der Waals surface area contributed by atoms with Crippen LogP contribution in [0.25, 0.3) is 0 Å². The predicted molar refractivity (Wildman–Crippen MR) is 120 cm³/mol. The summed E-state index contributed by atoms with van der Waals surface area (Å²) in [7, 11) is 3.74. The van der Waals surface area contributed by atoms with Gasteiger partial charge in [0.15, 0.2) is 0 Å². The first-order valence-corrected chi connectivity index (χ1v) is 11.2. The van der Waals surface area contributed by atoms with E-state index in [1.165, 1.54) is 0 Å². The van der Waals surface area contributed by atoms with Crippen LogP contribution in [0.1, 0.15) is 30.6 Å². The number of carbonyl (C=O) groups excluding carboxylic acids is 2. The third-order valence-electron chi connectivity index (χ3n) is 6.64. The number of likely N-dealkylation sites (N-methyl/N-ethyl adjacent to an activating group) is 1. The Balaban J connectivity index is 1.33. The van der Waals surface area contributed by atoms with Gasteiger partial charge in [0, 0.05) is 38.1 Å². The van der Waals surface area contributed by atoms with Crippen molar-refractivity contribution in [3.63, 3.8) is 0 Å². The summed E-state index contributed by atoms with van der Waals surface area (Å²) in [6.45, 7) is 2.56. The Morgan fingerprint density at radius 2 is 2.09 bits per heavy atom. The highest BCUT2D eigenvalue weighted by molar-refractivity contribution is 5.83. The number of ether oxygens (including phenoxy) is 1. The van der Waals surface area contributed by atoms with Crippen LogP contribution in [-0.4, -0.2) is 67.0 Å². The predicted octanol–water partition coefficient (Wildman–Crippen LogP) is 1.76. The van der Waals surface area contributed by atoms with E-state index in [2.05, 4.69) is 39.6 Å². The number of nitrogens with one attached hydrogen (secondary N) is 2. The Morgan fingerprint density at radius 1 is 1.28 bits per heavy atom. The first kappa shape index (κ1) is 22.4. The molecule has 172 valence electrons. The molecule has 0 radical (unpaired) electrons. The number of benzene rings is 1. The Bertz CT molecular complexity index is 899. The standard InChI is InChI=1S/C24H32N4O4/c1-27-18(7-10-22(29)25-15-20-4-3-13-32-20)14-26-24(30)23-21(27)11-12-28(23)16-17-5-8-19(31-2)9-6-17/h3-6,8-9,13,18,21,23H,7,10-12,14-16H2,1-2H3,(H,25,29)(H,26,30). The van der Waals surface area contributed by atoms with Gasteiger partial charge in [-0.1, -0.05) is 12.1 Å². The summed E-state index contributed by atoms with van der Waals surface area (Å²) in [5.74, 6) is 1.64. The van der Waals surface area contributed by atoms with Crippen LogP contribution in [0, 0.1) is 0 Å².